The molecule has 2 aliphatic heterocycles. The highest BCUT2D eigenvalue weighted by atomic mass is 16.5. The molecule has 0 aromatic carbocycles. The predicted molar refractivity (Wildman–Crippen MR) is 91.5 cm³/mol. The summed E-state index contributed by atoms with van der Waals surface area (Å²) in [5.41, 5.74) is -1.61. The Kier molecular flexibility index (Phi) is 3.60. The van der Waals surface area contributed by atoms with Crippen LogP contribution in [0.5, 0.6) is 0 Å². The molecule has 2 saturated carbocycles. The van der Waals surface area contributed by atoms with Gasteiger partial charge in [0.15, 0.2) is 5.82 Å². The minimum absolute atomic E-state index is 0.184. The van der Waals surface area contributed by atoms with Crippen molar-refractivity contribution in [1.29, 1.82) is 0 Å². The molecular formula is C18H24N4O4. The zero-order chi connectivity index (χ0) is 17.9. The van der Waals surface area contributed by atoms with Crippen LogP contribution in [0.4, 0.5) is 0 Å². The maximum absolute atomic E-state index is 12.6. The second kappa shape index (κ2) is 5.77. The molecule has 8 nitrogen and oxygen atoms in total. The van der Waals surface area contributed by atoms with Crippen molar-refractivity contribution in [2.45, 2.75) is 63.8 Å². The van der Waals surface area contributed by atoms with Crippen molar-refractivity contribution in [3.05, 3.63) is 26.5 Å². The third kappa shape index (κ3) is 2.62. The molecule has 4 aliphatic rings. The van der Waals surface area contributed by atoms with Crippen LogP contribution in [-0.4, -0.2) is 43.8 Å². The maximum Gasteiger partial charge on any atom is 0.332 e. The smallest absolute Gasteiger partial charge is 0.332 e. The van der Waals surface area contributed by atoms with Gasteiger partial charge in [-0.3, -0.25) is 19.0 Å². The lowest BCUT2D eigenvalue weighted by molar-refractivity contribution is -0.134. The van der Waals surface area contributed by atoms with E-state index in [1.807, 2.05) is 4.90 Å². The third-order valence-electron chi connectivity index (χ3n) is 6.37. The average molecular weight is 360 g/mol. The molecule has 1 unspecified atom stereocenters. The van der Waals surface area contributed by atoms with Crippen LogP contribution < -0.4 is 11.1 Å². The predicted octanol–water partition coefficient (Wildman–Crippen LogP) is 0.116. The van der Waals surface area contributed by atoms with Crippen LogP contribution >= 0.6 is 0 Å². The number of likely N-dealkylation sites (tertiary alicyclic amines) is 1. The van der Waals surface area contributed by atoms with E-state index in [1.165, 1.54) is 15.7 Å². The highest BCUT2D eigenvalue weighted by molar-refractivity contribution is 5.81. The number of hydrogen-bond donors (Lipinski definition) is 0. The van der Waals surface area contributed by atoms with Gasteiger partial charge in [-0.05, 0) is 38.0 Å². The van der Waals surface area contributed by atoms with Crippen LogP contribution in [0.1, 0.15) is 44.3 Å². The monoisotopic (exact) mass is 360 g/mol. The van der Waals surface area contributed by atoms with Crippen LogP contribution in [0, 0.1) is 11.8 Å². The van der Waals surface area contributed by atoms with E-state index < -0.39 is 16.7 Å². The second-order valence-corrected chi connectivity index (χ2v) is 8.35. The van der Waals surface area contributed by atoms with Gasteiger partial charge in [0, 0.05) is 19.0 Å². The highest BCUT2D eigenvalue weighted by Gasteiger charge is 2.47. The summed E-state index contributed by atoms with van der Waals surface area (Å²) < 4.78 is 8.91. The molecule has 5 rings (SSSR count). The van der Waals surface area contributed by atoms with Gasteiger partial charge in [-0.1, -0.05) is 6.42 Å². The van der Waals surface area contributed by atoms with Gasteiger partial charge in [0.2, 0.25) is 5.91 Å². The Labute approximate surface area is 150 Å². The van der Waals surface area contributed by atoms with Crippen LogP contribution in [0.3, 0.4) is 0 Å². The van der Waals surface area contributed by atoms with Crippen molar-refractivity contribution in [2.24, 2.45) is 11.8 Å². The minimum Gasteiger partial charge on any atom is -0.363 e. The van der Waals surface area contributed by atoms with Crippen molar-refractivity contribution in [3.8, 4) is 0 Å². The van der Waals surface area contributed by atoms with Crippen LogP contribution in [0.25, 0.3) is 0 Å². The number of fused-ring (bicyclic) bond motifs is 1. The summed E-state index contributed by atoms with van der Waals surface area (Å²) in [6, 6.07) is 0. The van der Waals surface area contributed by atoms with Gasteiger partial charge < -0.3 is 9.64 Å². The molecule has 0 bridgehead atoms. The first-order valence-corrected chi connectivity index (χ1v) is 9.68. The van der Waals surface area contributed by atoms with Gasteiger partial charge in [-0.2, -0.15) is 5.10 Å². The van der Waals surface area contributed by atoms with E-state index in [0.717, 1.165) is 25.7 Å². The fourth-order valence-corrected chi connectivity index (χ4v) is 4.31. The fourth-order valence-electron chi connectivity index (χ4n) is 4.31. The molecule has 8 heteroatoms. The summed E-state index contributed by atoms with van der Waals surface area (Å²) in [5, 5.41) is 4.40. The van der Waals surface area contributed by atoms with Crippen molar-refractivity contribution >= 4 is 5.91 Å². The number of ether oxygens (including phenoxy) is 1. The van der Waals surface area contributed by atoms with Gasteiger partial charge in [-0.25, -0.2) is 4.68 Å². The number of nitrogens with zero attached hydrogens (tertiary/aromatic N) is 4. The number of aromatic nitrogens is 3. The topological polar surface area (TPSA) is 86.4 Å². The van der Waals surface area contributed by atoms with E-state index in [0.29, 0.717) is 44.3 Å². The van der Waals surface area contributed by atoms with E-state index >= 15 is 0 Å². The molecule has 1 saturated heterocycles. The zero-order valence-electron chi connectivity index (χ0n) is 14.9. The Bertz CT molecular complexity index is 867. The Balaban J connectivity index is 1.39. The molecular weight excluding hydrogens is 336 g/mol. The molecule has 1 spiro atoms. The van der Waals surface area contributed by atoms with E-state index in [4.69, 9.17) is 4.74 Å². The zero-order valence-corrected chi connectivity index (χ0v) is 14.9. The molecule has 140 valence electrons. The van der Waals surface area contributed by atoms with Crippen LogP contribution in [0.2, 0.25) is 0 Å². The van der Waals surface area contributed by atoms with Crippen LogP contribution in [-0.2, 0) is 29.2 Å². The summed E-state index contributed by atoms with van der Waals surface area (Å²) in [6.45, 7) is 2.20. The fraction of sp³-hybridized carbons (Fsp3) is 0.778. The molecule has 1 aromatic heterocycles. The summed E-state index contributed by atoms with van der Waals surface area (Å²) in [6.07, 6.45) is 6.04. The Morgan fingerprint density at radius 1 is 1.15 bits per heavy atom. The van der Waals surface area contributed by atoms with E-state index in [1.54, 1.807) is 0 Å². The first kappa shape index (κ1) is 16.2. The van der Waals surface area contributed by atoms with Gasteiger partial charge in [0.05, 0.1) is 13.1 Å². The van der Waals surface area contributed by atoms with Gasteiger partial charge in [0.25, 0.3) is 0 Å². The molecule has 2 aliphatic carbocycles. The lowest BCUT2D eigenvalue weighted by atomic mass is 9.85. The molecule has 3 fully saturated rings. The quantitative estimate of drug-likeness (QED) is 0.715. The Hall–Kier alpha value is -1.96. The first-order chi connectivity index (χ1) is 12.5. The lowest BCUT2D eigenvalue weighted by Crippen LogP contribution is -2.53. The number of carbonyl (C=O) groups excluding carboxylic acids is 1. The molecule has 1 atom stereocenters. The van der Waals surface area contributed by atoms with Crippen molar-refractivity contribution in [1.82, 2.24) is 19.2 Å². The van der Waals surface area contributed by atoms with E-state index in [-0.39, 0.29) is 18.4 Å². The van der Waals surface area contributed by atoms with Crippen molar-refractivity contribution in [3.63, 3.8) is 0 Å². The summed E-state index contributed by atoms with van der Waals surface area (Å²) in [7, 11) is 0. The Morgan fingerprint density at radius 2 is 1.96 bits per heavy atom. The molecule has 1 aromatic rings. The molecule has 3 heterocycles. The van der Waals surface area contributed by atoms with E-state index in [9.17, 15) is 14.4 Å². The number of hydrogen-bond acceptors (Lipinski definition) is 5. The SMILES string of the molecule is O=C(C1CC1)N1CCC2(C1)Cn1c(nn(CC3CCC3)c(=O)c1=O)CO2. The summed E-state index contributed by atoms with van der Waals surface area (Å²) >= 11 is 0. The summed E-state index contributed by atoms with van der Waals surface area (Å²) in [5.74, 6) is 1.36. The largest absolute Gasteiger partial charge is 0.363 e. The maximum atomic E-state index is 12.6. The van der Waals surface area contributed by atoms with Gasteiger partial charge >= 0.3 is 11.1 Å². The normalized spacial score (nSPS) is 28.2. The standard InChI is InChI=1S/C18H24N4O4/c23-15(13-4-5-13)20-7-6-18(10-20)11-21-14(9-26-18)19-22(17(25)16(21)24)8-12-2-1-3-12/h12-13H,1-11H2. The average Bonchev–Trinajstić information content (AvgIpc) is 3.37. The second-order valence-electron chi connectivity index (χ2n) is 8.35. The number of rotatable bonds is 3. The Morgan fingerprint density at radius 3 is 2.65 bits per heavy atom. The molecule has 26 heavy (non-hydrogen) atoms. The van der Waals surface area contributed by atoms with Crippen molar-refractivity contribution in [2.75, 3.05) is 13.1 Å². The van der Waals surface area contributed by atoms with Gasteiger partial charge in [0.1, 0.15) is 12.2 Å². The first-order valence-electron chi connectivity index (χ1n) is 9.68. The molecule has 0 N–H and O–H groups in total. The minimum atomic E-state index is -0.560. The molecule has 1 amide bonds. The van der Waals surface area contributed by atoms with Crippen molar-refractivity contribution < 1.29 is 9.53 Å². The highest BCUT2D eigenvalue weighted by Crippen LogP contribution is 2.36. The van der Waals surface area contributed by atoms with Gasteiger partial charge in [-0.15, -0.1) is 0 Å². The van der Waals surface area contributed by atoms with E-state index in [2.05, 4.69) is 5.10 Å². The number of amides is 1. The van der Waals surface area contributed by atoms with Crippen LogP contribution in [0.15, 0.2) is 9.59 Å². The summed E-state index contributed by atoms with van der Waals surface area (Å²) in [4.78, 5) is 39.3. The molecule has 0 radical (unpaired) electrons. The lowest BCUT2D eigenvalue weighted by Gasteiger charge is -2.35. The third-order valence-corrected chi connectivity index (χ3v) is 6.37. The number of carbonyl (C=O) groups is 1.